The van der Waals surface area contributed by atoms with Gasteiger partial charge in [0.2, 0.25) is 0 Å². The smallest absolute Gasteiger partial charge is 0.318 e. The molecule has 2 aromatic heterocycles. The van der Waals surface area contributed by atoms with Crippen LogP contribution in [-0.2, 0) is 5.75 Å². The molecule has 1 fully saturated rings. The Bertz CT molecular complexity index is 975. The lowest BCUT2D eigenvalue weighted by Crippen LogP contribution is -2.30. The molecule has 3 aromatic rings. The van der Waals surface area contributed by atoms with Gasteiger partial charge in [-0.05, 0) is 32.0 Å². The summed E-state index contributed by atoms with van der Waals surface area (Å²) in [6.45, 7) is 1.53. The fourth-order valence-corrected chi connectivity index (χ4v) is 4.33. The van der Waals surface area contributed by atoms with Crippen LogP contribution in [0.1, 0.15) is 18.4 Å². The number of pyridine rings is 1. The predicted molar refractivity (Wildman–Crippen MR) is 109 cm³/mol. The quantitative estimate of drug-likeness (QED) is 0.331. The minimum absolute atomic E-state index is 0.139. The van der Waals surface area contributed by atoms with E-state index in [0.29, 0.717) is 28.8 Å². The van der Waals surface area contributed by atoms with Gasteiger partial charge >= 0.3 is 6.01 Å². The van der Waals surface area contributed by atoms with E-state index < -0.39 is 5.82 Å². The Morgan fingerprint density at radius 2 is 2.11 bits per heavy atom. The second-order valence-electron chi connectivity index (χ2n) is 6.80. The van der Waals surface area contributed by atoms with Gasteiger partial charge in [0.05, 0.1) is 5.39 Å². The molecule has 0 N–H and O–H groups in total. The maximum absolute atomic E-state index is 14.6. The van der Waals surface area contributed by atoms with E-state index in [9.17, 15) is 4.39 Å². The molecular weight excluding hydrogens is 399 g/mol. The lowest BCUT2D eigenvalue weighted by molar-refractivity contribution is 0.187. The summed E-state index contributed by atoms with van der Waals surface area (Å²) in [7, 11) is 2.08. The molecule has 8 heteroatoms. The van der Waals surface area contributed by atoms with Crippen LogP contribution in [0.2, 0.25) is 5.15 Å². The number of hydrogen-bond acceptors (Lipinski definition) is 6. The second-order valence-corrected chi connectivity index (χ2v) is 8.12. The van der Waals surface area contributed by atoms with E-state index >= 15 is 0 Å². The first-order chi connectivity index (χ1) is 13.6. The van der Waals surface area contributed by atoms with Crippen molar-refractivity contribution in [1.29, 1.82) is 0 Å². The number of likely N-dealkylation sites (tertiary alicyclic amines) is 1. The van der Waals surface area contributed by atoms with Crippen LogP contribution in [-0.4, -0.2) is 46.1 Å². The zero-order chi connectivity index (χ0) is 19.5. The molecule has 3 heterocycles. The molecule has 0 amide bonds. The molecule has 0 bridgehead atoms. The van der Waals surface area contributed by atoms with Gasteiger partial charge in [0.25, 0.3) is 0 Å². The maximum Gasteiger partial charge on any atom is 0.318 e. The van der Waals surface area contributed by atoms with Gasteiger partial charge in [-0.1, -0.05) is 41.9 Å². The Balaban J connectivity index is 1.62. The number of aromatic nitrogens is 3. The minimum atomic E-state index is -0.647. The molecule has 5 nitrogen and oxygen atoms in total. The van der Waals surface area contributed by atoms with Crippen molar-refractivity contribution >= 4 is 34.3 Å². The summed E-state index contributed by atoms with van der Waals surface area (Å²) in [4.78, 5) is 15.0. The molecule has 1 atom stereocenters. The van der Waals surface area contributed by atoms with Crippen molar-refractivity contribution in [3.63, 3.8) is 0 Å². The summed E-state index contributed by atoms with van der Waals surface area (Å²) in [5.74, 6) is 0.0492. The summed E-state index contributed by atoms with van der Waals surface area (Å²) < 4.78 is 20.4. The third kappa shape index (κ3) is 4.21. The SMILES string of the molecule is CN1CCC[C@H]1COc1nc(SCc2ccccc2)c2cnc(Cl)c(F)c2n1. The highest BCUT2D eigenvalue weighted by Gasteiger charge is 2.22. The molecule has 28 heavy (non-hydrogen) atoms. The van der Waals surface area contributed by atoms with Gasteiger partial charge in [0.1, 0.15) is 17.1 Å². The topological polar surface area (TPSA) is 51.1 Å². The number of rotatable bonds is 6. The maximum atomic E-state index is 14.6. The van der Waals surface area contributed by atoms with Crippen LogP contribution in [0.25, 0.3) is 10.9 Å². The molecule has 0 radical (unpaired) electrons. The van der Waals surface area contributed by atoms with Crippen molar-refractivity contribution in [1.82, 2.24) is 19.9 Å². The van der Waals surface area contributed by atoms with E-state index in [1.807, 2.05) is 30.3 Å². The first-order valence-corrected chi connectivity index (χ1v) is 10.5. The number of benzene rings is 1. The number of hydrogen-bond donors (Lipinski definition) is 0. The molecule has 0 spiro atoms. The van der Waals surface area contributed by atoms with Gasteiger partial charge in [-0.2, -0.15) is 9.97 Å². The largest absolute Gasteiger partial charge is 0.462 e. The van der Waals surface area contributed by atoms with E-state index in [0.717, 1.165) is 24.9 Å². The van der Waals surface area contributed by atoms with Gasteiger partial charge in [0.15, 0.2) is 11.0 Å². The van der Waals surface area contributed by atoms with Crippen molar-refractivity contribution in [2.75, 3.05) is 20.2 Å². The van der Waals surface area contributed by atoms with E-state index in [2.05, 4.69) is 26.9 Å². The number of ether oxygens (including phenoxy) is 1. The van der Waals surface area contributed by atoms with Crippen molar-refractivity contribution < 1.29 is 9.13 Å². The first-order valence-electron chi connectivity index (χ1n) is 9.13. The zero-order valence-electron chi connectivity index (χ0n) is 15.4. The summed E-state index contributed by atoms with van der Waals surface area (Å²) in [5.41, 5.74) is 1.29. The molecule has 1 saturated heterocycles. The Labute approximate surface area is 172 Å². The van der Waals surface area contributed by atoms with Crippen LogP contribution in [0.4, 0.5) is 4.39 Å². The van der Waals surface area contributed by atoms with Gasteiger partial charge < -0.3 is 9.64 Å². The average molecular weight is 419 g/mol. The lowest BCUT2D eigenvalue weighted by Gasteiger charge is -2.19. The van der Waals surface area contributed by atoms with E-state index in [-0.39, 0.29) is 16.7 Å². The Kier molecular flexibility index (Phi) is 5.94. The van der Waals surface area contributed by atoms with Crippen molar-refractivity contribution in [3.8, 4) is 6.01 Å². The van der Waals surface area contributed by atoms with Crippen molar-refractivity contribution in [2.24, 2.45) is 0 Å². The van der Waals surface area contributed by atoms with Gasteiger partial charge in [-0.15, -0.1) is 11.8 Å². The van der Waals surface area contributed by atoms with Gasteiger partial charge in [-0.25, -0.2) is 9.37 Å². The number of likely N-dealkylation sites (N-methyl/N-ethyl adjacent to an activating group) is 1. The molecule has 0 saturated carbocycles. The molecule has 4 rings (SSSR count). The molecule has 0 aliphatic carbocycles. The first kappa shape index (κ1) is 19.4. The summed E-state index contributed by atoms with van der Waals surface area (Å²) >= 11 is 7.36. The fraction of sp³-hybridized carbons (Fsp3) is 0.350. The standard InChI is InChI=1S/C20H20ClFN4OS/c1-26-9-5-8-14(26)11-27-20-24-17-15(10-23-18(21)16(17)22)19(25-20)28-12-13-6-3-2-4-7-13/h2-4,6-7,10,14H,5,8-9,11-12H2,1H3/t14-/m0/s1. The van der Waals surface area contributed by atoms with Crippen molar-refractivity contribution in [3.05, 3.63) is 53.1 Å². The monoisotopic (exact) mass is 418 g/mol. The molecule has 1 aliphatic rings. The average Bonchev–Trinajstić information content (AvgIpc) is 3.13. The highest BCUT2D eigenvalue weighted by molar-refractivity contribution is 7.98. The highest BCUT2D eigenvalue weighted by atomic mass is 35.5. The van der Waals surface area contributed by atoms with Crippen LogP contribution in [0, 0.1) is 5.82 Å². The summed E-state index contributed by atoms with van der Waals surface area (Å²) in [6, 6.07) is 10.5. The fourth-order valence-electron chi connectivity index (χ4n) is 3.25. The number of nitrogens with zero attached hydrogens (tertiary/aromatic N) is 4. The molecule has 1 aliphatic heterocycles. The molecule has 146 valence electrons. The predicted octanol–water partition coefficient (Wildman–Crippen LogP) is 4.58. The third-order valence-corrected chi connectivity index (χ3v) is 6.21. The summed E-state index contributed by atoms with van der Waals surface area (Å²) in [6.07, 6.45) is 3.74. The Hall–Kier alpha value is -1.96. The van der Waals surface area contributed by atoms with Gasteiger partial charge in [-0.3, -0.25) is 0 Å². The van der Waals surface area contributed by atoms with Crippen LogP contribution < -0.4 is 4.74 Å². The van der Waals surface area contributed by atoms with E-state index in [1.54, 1.807) is 0 Å². The van der Waals surface area contributed by atoms with Crippen LogP contribution >= 0.6 is 23.4 Å². The Morgan fingerprint density at radius 3 is 2.86 bits per heavy atom. The van der Waals surface area contributed by atoms with E-state index in [1.165, 1.54) is 18.0 Å². The number of thioether (sulfide) groups is 1. The van der Waals surface area contributed by atoms with Crippen molar-refractivity contribution in [2.45, 2.75) is 29.7 Å². The van der Waals surface area contributed by atoms with Crippen LogP contribution in [0.5, 0.6) is 6.01 Å². The second kappa shape index (κ2) is 8.59. The lowest BCUT2D eigenvalue weighted by atomic mass is 10.2. The highest BCUT2D eigenvalue weighted by Crippen LogP contribution is 2.32. The molecule has 1 aromatic carbocycles. The minimum Gasteiger partial charge on any atom is -0.462 e. The zero-order valence-corrected chi connectivity index (χ0v) is 17.0. The Morgan fingerprint density at radius 1 is 1.29 bits per heavy atom. The molecular formula is C20H20ClFN4OS. The number of halogens is 2. The van der Waals surface area contributed by atoms with Gasteiger partial charge in [0, 0.05) is 18.0 Å². The van der Waals surface area contributed by atoms with Crippen LogP contribution in [0.3, 0.4) is 0 Å². The van der Waals surface area contributed by atoms with Crippen LogP contribution in [0.15, 0.2) is 41.6 Å². The third-order valence-electron chi connectivity index (χ3n) is 4.88. The number of fused-ring (bicyclic) bond motifs is 1. The molecule has 0 unspecified atom stereocenters. The van der Waals surface area contributed by atoms with E-state index in [4.69, 9.17) is 16.3 Å². The summed E-state index contributed by atoms with van der Waals surface area (Å²) in [5, 5.41) is 0.964. The normalized spacial score (nSPS) is 17.3.